The number of carbonyl (C=O) groups excluding carboxylic acids is 2. The van der Waals surface area contributed by atoms with Gasteiger partial charge in [-0.3, -0.25) is 14.5 Å². The van der Waals surface area contributed by atoms with Crippen molar-refractivity contribution in [3.8, 4) is 0 Å². The Hall–Kier alpha value is -1.95. The van der Waals surface area contributed by atoms with E-state index in [2.05, 4.69) is 42.5 Å². The van der Waals surface area contributed by atoms with Crippen molar-refractivity contribution >= 4 is 17.5 Å². The molecule has 3 rings (SSSR count). The number of anilines is 1. The molecule has 29 heavy (non-hydrogen) atoms. The van der Waals surface area contributed by atoms with E-state index in [4.69, 9.17) is 0 Å². The van der Waals surface area contributed by atoms with Crippen LogP contribution < -0.4 is 4.90 Å². The second kappa shape index (κ2) is 9.70. The number of Topliss-reactive ketones (excluding diaryl/α,β-unsaturated/α-hetero) is 1. The summed E-state index contributed by atoms with van der Waals surface area (Å²) in [7, 11) is 0. The summed E-state index contributed by atoms with van der Waals surface area (Å²) in [6, 6.07) is 4.42. The molecule has 0 saturated carbocycles. The van der Waals surface area contributed by atoms with Gasteiger partial charge in [-0.05, 0) is 44.7 Å². The van der Waals surface area contributed by atoms with Crippen molar-refractivity contribution in [1.29, 1.82) is 0 Å². The van der Waals surface area contributed by atoms with Crippen molar-refractivity contribution < 1.29 is 9.59 Å². The topological polar surface area (TPSA) is 56.8 Å². The van der Waals surface area contributed by atoms with Crippen LogP contribution in [0.25, 0.3) is 0 Å². The average Bonchev–Trinajstić information content (AvgIpc) is 2.73. The molecule has 1 aromatic rings. The summed E-state index contributed by atoms with van der Waals surface area (Å²) in [5, 5.41) is 0. The zero-order valence-corrected chi connectivity index (χ0v) is 18.4. The van der Waals surface area contributed by atoms with Gasteiger partial charge in [0, 0.05) is 63.8 Å². The van der Waals surface area contributed by atoms with Crippen molar-refractivity contribution in [3.05, 3.63) is 23.9 Å². The molecule has 2 aliphatic rings. The van der Waals surface area contributed by atoms with Gasteiger partial charge in [-0.1, -0.05) is 13.8 Å². The number of piperidine rings is 1. The van der Waals surface area contributed by atoms with Gasteiger partial charge in [0.05, 0.1) is 5.56 Å². The summed E-state index contributed by atoms with van der Waals surface area (Å²) in [6.45, 7) is 13.9. The zero-order valence-electron chi connectivity index (χ0n) is 18.4. The number of likely N-dealkylation sites (tertiary alicyclic amines) is 1. The number of hydrogen-bond acceptors (Lipinski definition) is 5. The van der Waals surface area contributed by atoms with E-state index < -0.39 is 0 Å². The molecule has 0 bridgehead atoms. The molecule has 160 valence electrons. The van der Waals surface area contributed by atoms with Crippen LogP contribution in [0.3, 0.4) is 0 Å². The first kappa shape index (κ1) is 21.8. The van der Waals surface area contributed by atoms with Crippen LogP contribution in [0.2, 0.25) is 0 Å². The standard InChI is InChI=1S/C23H36N4O2/c1-17(2)14-21(28)20-6-5-9-27(16-20)23(29)19-7-8-22(24-15-19)26-12-10-25(11-13-26)18(3)4/h7-8,15,17-18,20H,5-6,9-14,16H2,1-4H3. The first-order chi connectivity index (χ1) is 13.8. The van der Waals surface area contributed by atoms with Crippen LogP contribution >= 0.6 is 0 Å². The van der Waals surface area contributed by atoms with Crippen molar-refractivity contribution in [1.82, 2.24) is 14.8 Å². The van der Waals surface area contributed by atoms with Crippen molar-refractivity contribution in [2.45, 2.75) is 53.0 Å². The summed E-state index contributed by atoms with van der Waals surface area (Å²) < 4.78 is 0. The number of hydrogen-bond donors (Lipinski definition) is 0. The van der Waals surface area contributed by atoms with Gasteiger partial charge in [0.1, 0.15) is 11.6 Å². The van der Waals surface area contributed by atoms with Gasteiger partial charge in [-0.25, -0.2) is 4.98 Å². The molecule has 3 heterocycles. The summed E-state index contributed by atoms with van der Waals surface area (Å²) in [5.74, 6) is 1.59. The molecule has 1 unspecified atom stereocenters. The van der Waals surface area contributed by atoms with E-state index >= 15 is 0 Å². The van der Waals surface area contributed by atoms with Crippen LogP contribution in [0.4, 0.5) is 5.82 Å². The normalized spacial score (nSPS) is 21.1. The van der Waals surface area contributed by atoms with Crippen LogP contribution in [-0.4, -0.2) is 71.8 Å². The molecule has 2 saturated heterocycles. The highest BCUT2D eigenvalue weighted by molar-refractivity contribution is 5.94. The lowest BCUT2D eigenvalue weighted by Gasteiger charge is -2.37. The lowest BCUT2D eigenvalue weighted by molar-refractivity contribution is -0.124. The molecule has 1 amide bonds. The number of aromatic nitrogens is 1. The molecule has 2 fully saturated rings. The third-order valence-electron chi connectivity index (χ3n) is 6.14. The van der Waals surface area contributed by atoms with Gasteiger partial charge < -0.3 is 9.80 Å². The van der Waals surface area contributed by atoms with Crippen LogP contribution in [0.5, 0.6) is 0 Å². The smallest absolute Gasteiger partial charge is 0.255 e. The monoisotopic (exact) mass is 400 g/mol. The molecule has 0 aromatic carbocycles. The van der Waals surface area contributed by atoms with Crippen LogP contribution in [0, 0.1) is 11.8 Å². The predicted octanol–water partition coefficient (Wildman–Crippen LogP) is 3.08. The fourth-order valence-electron chi connectivity index (χ4n) is 4.34. The Morgan fingerprint density at radius 2 is 1.79 bits per heavy atom. The number of pyridine rings is 1. The van der Waals surface area contributed by atoms with E-state index in [1.807, 2.05) is 17.0 Å². The zero-order chi connectivity index (χ0) is 21.0. The van der Waals surface area contributed by atoms with E-state index in [-0.39, 0.29) is 11.8 Å². The van der Waals surface area contributed by atoms with Crippen LogP contribution in [-0.2, 0) is 4.79 Å². The quantitative estimate of drug-likeness (QED) is 0.734. The van der Waals surface area contributed by atoms with Crippen LogP contribution in [0.15, 0.2) is 18.3 Å². The lowest BCUT2D eigenvalue weighted by atomic mass is 9.89. The fraction of sp³-hybridized carbons (Fsp3) is 0.696. The van der Waals surface area contributed by atoms with Crippen molar-refractivity contribution in [2.75, 3.05) is 44.2 Å². The summed E-state index contributed by atoms with van der Waals surface area (Å²) in [5.41, 5.74) is 0.617. The Morgan fingerprint density at radius 1 is 1.07 bits per heavy atom. The molecule has 1 atom stereocenters. The maximum atomic E-state index is 12.9. The third kappa shape index (κ3) is 5.56. The summed E-state index contributed by atoms with van der Waals surface area (Å²) >= 11 is 0. The average molecular weight is 401 g/mol. The molecule has 6 heteroatoms. The third-order valence-corrected chi connectivity index (χ3v) is 6.14. The second-order valence-electron chi connectivity index (χ2n) is 9.18. The van der Waals surface area contributed by atoms with E-state index in [0.717, 1.165) is 51.4 Å². The number of carbonyl (C=O) groups is 2. The van der Waals surface area contributed by atoms with Gasteiger partial charge in [-0.2, -0.15) is 0 Å². The molecular weight excluding hydrogens is 364 g/mol. The minimum atomic E-state index is -0.0143. The predicted molar refractivity (Wildman–Crippen MR) is 116 cm³/mol. The number of ketones is 1. The second-order valence-corrected chi connectivity index (χ2v) is 9.18. The van der Waals surface area contributed by atoms with Gasteiger partial charge in [0.25, 0.3) is 5.91 Å². The van der Waals surface area contributed by atoms with Gasteiger partial charge in [0.15, 0.2) is 0 Å². The van der Waals surface area contributed by atoms with Gasteiger partial charge in [-0.15, -0.1) is 0 Å². The molecule has 0 aliphatic carbocycles. The Balaban J connectivity index is 1.58. The largest absolute Gasteiger partial charge is 0.354 e. The van der Waals surface area contributed by atoms with Gasteiger partial charge >= 0.3 is 0 Å². The SMILES string of the molecule is CC(C)CC(=O)C1CCCN(C(=O)c2ccc(N3CCN(C(C)C)CC3)nc2)C1. The lowest BCUT2D eigenvalue weighted by Crippen LogP contribution is -2.49. The van der Waals surface area contributed by atoms with E-state index in [1.54, 1.807) is 6.20 Å². The first-order valence-corrected chi connectivity index (χ1v) is 11.1. The number of rotatable bonds is 6. The molecule has 0 radical (unpaired) electrons. The Morgan fingerprint density at radius 3 is 2.38 bits per heavy atom. The van der Waals surface area contributed by atoms with Crippen molar-refractivity contribution in [3.63, 3.8) is 0 Å². The van der Waals surface area contributed by atoms with E-state index in [9.17, 15) is 9.59 Å². The maximum absolute atomic E-state index is 12.9. The molecule has 1 aromatic heterocycles. The number of amides is 1. The molecule has 0 spiro atoms. The Bertz CT molecular complexity index is 693. The highest BCUT2D eigenvalue weighted by atomic mass is 16.2. The minimum Gasteiger partial charge on any atom is -0.354 e. The Kier molecular flexibility index (Phi) is 7.28. The minimum absolute atomic E-state index is 0.00396. The van der Waals surface area contributed by atoms with Crippen LogP contribution in [0.1, 0.15) is 57.3 Å². The highest BCUT2D eigenvalue weighted by Crippen LogP contribution is 2.22. The summed E-state index contributed by atoms with van der Waals surface area (Å²) in [4.78, 5) is 36.6. The fourth-order valence-corrected chi connectivity index (χ4v) is 4.34. The summed E-state index contributed by atoms with van der Waals surface area (Å²) in [6.07, 6.45) is 4.10. The molecule has 6 nitrogen and oxygen atoms in total. The Labute approximate surface area is 175 Å². The highest BCUT2D eigenvalue weighted by Gasteiger charge is 2.29. The first-order valence-electron chi connectivity index (χ1n) is 11.1. The molecule has 0 N–H and O–H groups in total. The van der Waals surface area contributed by atoms with E-state index in [0.29, 0.717) is 36.3 Å². The molecular formula is C23H36N4O2. The number of piperazine rings is 1. The number of nitrogens with zero attached hydrogens (tertiary/aromatic N) is 4. The molecule has 2 aliphatic heterocycles. The maximum Gasteiger partial charge on any atom is 0.255 e. The van der Waals surface area contributed by atoms with Crippen molar-refractivity contribution in [2.24, 2.45) is 11.8 Å². The van der Waals surface area contributed by atoms with E-state index in [1.165, 1.54) is 0 Å². The van der Waals surface area contributed by atoms with Gasteiger partial charge in [0.2, 0.25) is 0 Å².